The van der Waals surface area contributed by atoms with Crippen LogP contribution in [0.3, 0.4) is 0 Å². The quantitative estimate of drug-likeness (QED) is 0.663. The molecule has 0 aliphatic carbocycles. The predicted molar refractivity (Wildman–Crippen MR) is 70.5 cm³/mol. The van der Waals surface area contributed by atoms with Gasteiger partial charge < -0.3 is 0 Å². The normalized spacial score (nSPS) is 11.2. The van der Waals surface area contributed by atoms with Crippen molar-refractivity contribution in [2.24, 2.45) is 0 Å². The lowest BCUT2D eigenvalue weighted by molar-refractivity contribution is 0.570. The Kier molecular flexibility index (Phi) is 3.63. The molecule has 0 aliphatic heterocycles. The monoisotopic (exact) mass is 333 g/mol. The number of H-pyrrole nitrogens is 1. The van der Waals surface area contributed by atoms with Gasteiger partial charge in [0.25, 0.3) is 0 Å². The highest BCUT2D eigenvalue weighted by Gasteiger charge is 2.16. The first-order valence-corrected chi connectivity index (χ1v) is 6.44. The zero-order valence-electron chi connectivity index (χ0n) is 9.67. The second-order valence-corrected chi connectivity index (χ2v) is 5.34. The Morgan fingerprint density at radius 2 is 2.00 bits per heavy atom. The summed E-state index contributed by atoms with van der Waals surface area (Å²) in [7, 11) is 0. The van der Waals surface area contributed by atoms with E-state index in [0.29, 0.717) is 5.82 Å². The van der Waals surface area contributed by atoms with Crippen LogP contribution in [0.2, 0.25) is 0 Å². The topological polar surface area (TPSA) is 33.6 Å². The molecule has 18 heavy (non-hydrogen) atoms. The Morgan fingerprint density at radius 3 is 2.61 bits per heavy atom. The molecule has 2 rings (SSSR count). The van der Waals surface area contributed by atoms with Crippen molar-refractivity contribution in [3.63, 3.8) is 0 Å². The van der Waals surface area contributed by atoms with Crippen molar-refractivity contribution in [2.45, 2.75) is 19.8 Å². The summed E-state index contributed by atoms with van der Waals surface area (Å²) in [5.74, 6) is -0.689. The molecule has 1 N–H and O–H groups in total. The fourth-order valence-electron chi connectivity index (χ4n) is 1.61. The third kappa shape index (κ3) is 2.24. The minimum Gasteiger partial charge on any atom is -0.269 e. The molecular formula is C11H10BrF2N3S. The number of nitrogens with zero attached hydrogens (tertiary/aromatic N) is 2. The van der Waals surface area contributed by atoms with E-state index < -0.39 is 11.6 Å². The number of benzene rings is 1. The van der Waals surface area contributed by atoms with E-state index in [1.165, 1.54) is 10.6 Å². The Labute approximate surface area is 116 Å². The summed E-state index contributed by atoms with van der Waals surface area (Å²) in [4.78, 5) is 0. The Bertz CT molecular complexity index is 648. The molecule has 0 atom stereocenters. The molecular weight excluding hydrogens is 324 g/mol. The van der Waals surface area contributed by atoms with Crippen LogP contribution in [-0.2, 0) is 0 Å². The minimum absolute atomic E-state index is 0.0566. The lowest BCUT2D eigenvalue weighted by atomic mass is 10.2. The van der Waals surface area contributed by atoms with E-state index in [2.05, 4.69) is 26.1 Å². The molecule has 1 aromatic carbocycles. The van der Waals surface area contributed by atoms with Crippen molar-refractivity contribution in [2.75, 3.05) is 0 Å². The first-order valence-electron chi connectivity index (χ1n) is 5.24. The highest BCUT2D eigenvalue weighted by Crippen LogP contribution is 2.25. The molecule has 0 saturated carbocycles. The maximum absolute atomic E-state index is 13.8. The number of aromatic amines is 1. The summed E-state index contributed by atoms with van der Waals surface area (Å²) >= 11 is 8.11. The SMILES string of the molecule is CC(C)c1n[nH]c(=S)n1-c1cc(Br)c(F)cc1F. The second kappa shape index (κ2) is 4.89. The van der Waals surface area contributed by atoms with Crippen LogP contribution < -0.4 is 0 Å². The standard InChI is InChI=1S/C11H10BrF2N3S/c1-5(2)10-15-16-11(18)17(10)9-3-6(12)7(13)4-8(9)14/h3-5H,1-2H3,(H,16,18). The van der Waals surface area contributed by atoms with Crippen molar-refractivity contribution in [3.05, 3.63) is 38.8 Å². The van der Waals surface area contributed by atoms with Crippen molar-refractivity contribution >= 4 is 28.1 Å². The molecule has 0 saturated heterocycles. The molecule has 0 unspecified atom stereocenters. The molecule has 0 spiro atoms. The van der Waals surface area contributed by atoms with Crippen LogP contribution in [0.15, 0.2) is 16.6 Å². The van der Waals surface area contributed by atoms with E-state index in [-0.39, 0.29) is 20.8 Å². The predicted octanol–water partition coefficient (Wildman–Crippen LogP) is 4.09. The van der Waals surface area contributed by atoms with Gasteiger partial charge in [-0.15, -0.1) is 0 Å². The van der Waals surface area contributed by atoms with Crippen LogP contribution in [-0.4, -0.2) is 14.8 Å². The van der Waals surface area contributed by atoms with Gasteiger partial charge in [0.1, 0.15) is 17.5 Å². The van der Waals surface area contributed by atoms with Gasteiger partial charge in [0.2, 0.25) is 0 Å². The van der Waals surface area contributed by atoms with E-state index in [4.69, 9.17) is 12.2 Å². The van der Waals surface area contributed by atoms with Crippen molar-refractivity contribution in [3.8, 4) is 5.69 Å². The molecule has 0 fully saturated rings. The molecule has 96 valence electrons. The zero-order chi connectivity index (χ0) is 13.4. The van der Waals surface area contributed by atoms with E-state index in [9.17, 15) is 8.78 Å². The van der Waals surface area contributed by atoms with E-state index in [0.717, 1.165) is 6.07 Å². The molecule has 0 radical (unpaired) electrons. The summed E-state index contributed by atoms with van der Waals surface area (Å²) < 4.78 is 29.0. The van der Waals surface area contributed by atoms with Crippen molar-refractivity contribution in [1.29, 1.82) is 0 Å². The van der Waals surface area contributed by atoms with Crippen LogP contribution in [0.1, 0.15) is 25.6 Å². The van der Waals surface area contributed by atoms with Crippen LogP contribution in [0.25, 0.3) is 5.69 Å². The number of hydrogen-bond acceptors (Lipinski definition) is 2. The number of rotatable bonds is 2. The average molecular weight is 334 g/mol. The van der Waals surface area contributed by atoms with Crippen molar-refractivity contribution in [1.82, 2.24) is 14.8 Å². The fourth-order valence-corrected chi connectivity index (χ4v) is 2.18. The lowest BCUT2D eigenvalue weighted by Gasteiger charge is -2.10. The van der Waals surface area contributed by atoms with Crippen LogP contribution in [0.5, 0.6) is 0 Å². The second-order valence-electron chi connectivity index (χ2n) is 4.09. The van der Waals surface area contributed by atoms with Gasteiger partial charge >= 0.3 is 0 Å². The summed E-state index contributed by atoms with van der Waals surface area (Å²) in [6.45, 7) is 3.83. The lowest BCUT2D eigenvalue weighted by Crippen LogP contribution is -2.06. The number of aromatic nitrogens is 3. The van der Waals surface area contributed by atoms with E-state index >= 15 is 0 Å². The number of hydrogen-bond donors (Lipinski definition) is 1. The minimum atomic E-state index is -0.685. The molecule has 1 aromatic heterocycles. The van der Waals surface area contributed by atoms with Gasteiger partial charge in [-0.3, -0.25) is 9.67 Å². The van der Waals surface area contributed by atoms with E-state index in [1.807, 2.05) is 13.8 Å². The number of halogens is 3. The first kappa shape index (κ1) is 13.4. The Balaban J connectivity index is 2.73. The zero-order valence-corrected chi connectivity index (χ0v) is 12.1. The molecule has 2 aromatic rings. The van der Waals surface area contributed by atoms with Crippen LogP contribution in [0, 0.1) is 16.4 Å². The third-order valence-corrected chi connectivity index (χ3v) is 3.33. The average Bonchev–Trinajstić information content (AvgIpc) is 2.66. The largest absolute Gasteiger partial charge is 0.269 e. The molecule has 0 aliphatic rings. The summed E-state index contributed by atoms with van der Waals surface area (Å²) in [6.07, 6.45) is 0. The van der Waals surface area contributed by atoms with Crippen LogP contribution in [0.4, 0.5) is 8.78 Å². The molecule has 7 heteroatoms. The van der Waals surface area contributed by atoms with Crippen molar-refractivity contribution < 1.29 is 8.78 Å². The molecule has 3 nitrogen and oxygen atoms in total. The van der Waals surface area contributed by atoms with Gasteiger partial charge in [0.15, 0.2) is 4.77 Å². The maximum Gasteiger partial charge on any atom is 0.199 e. The Hall–Kier alpha value is -1.08. The highest BCUT2D eigenvalue weighted by atomic mass is 79.9. The number of nitrogens with one attached hydrogen (secondary N) is 1. The first-order chi connectivity index (χ1) is 8.41. The van der Waals surface area contributed by atoms with E-state index in [1.54, 1.807) is 0 Å². The fraction of sp³-hybridized carbons (Fsp3) is 0.273. The third-order valence-electron chi connectivity index (χ3n) is 2.45. The van der Waals surface area contributed by atoms with Gasteiger partial charge in [-0.2, -0.15) is 5.10 Å². The molecule has 1 heterocycles. The van der Waals surface area contributed by atoms with Gasteiger partial charge in [-0.1, -0.05) is 13.8 Å². The van der Waals surface area contributed by atoms with Gasteiger partial charge in [0.05, 0.1) is 10.2 Å². The smallest absolute Gasteiger partial charge is 0.199 e. The molecule has 0 bridgehead atoms. The summed E-state index contributed by atoms with van der Waals surface area (Å²) in [6, 6.07) is 2.17. The van der Waals surface area contributed by atoms with Crippen LogP contribution >= 0.6 is 28.1 Å². The summed E-state index contributed by atoms with van der Waals surface area (Å²) in [5.41, 5.74) is 0.172. The maximum atomic E-state index is 13.8. The van der Waals surface area contributed by atoms with Gasteiger partial charge in [-0.05, 0) is 34.2 Å². The molecule has 0 amide bonds. The summed E-state index contributed by atoms with van der Waals surface area (Å²) in [5, 5.41) is 6.67. The van der Waals surface area contributed by atoms with Gasteiger partial charge in [0, 0.05) is 12.0 Å². The highest BCUT2D eigenvalue weighted by molar-refractivity contribution is 9.10. The Morgan fingerprint density at radius 1 is 1.33 bits per heavy atom. The van der Waals surface area contributed by atoms with Gasteiger partial charge in [-0.25, -0.2) is 8.78 Å².